The lowest BCUT2D eigenvalue weighted by atomic mass is 10.1. The molecule has 0 aliphatic carbocycles. The van der Waals surface area contributed by atoms with Gasteiger partial charge in [0.15, 0.2) is 0 Å². The first-order valence-corrected chi connectivity index (χ1v) is 3.90. The molecule has 0 atom stereocenters. The summed E-state index contributed by atoms with van der Waals surface area (Å²) in [5.41, 5.74) is 3.73. The molecule has 0 spiro atoms. The normalized spacial score (nSPS) is 12.8. The molecule has 11 heavy (non-hydrogen) atoms. The molecule has 1 heteroatoms. The topological polar surface area (TPSA) is 14.1 Å². The quantitative estimate of drug-likeness (QED) is 0.575. The number of fused-ring (bicyclic) bond motifs is 1. The van der Waals surface area contributed by atoms with Crippen molar-refractivity contribution in [2.75, 3.05) is 0 Å². The van der Waals surface area contributed by atoms with E-state index in [9.17, 15) is 0 Å². The summed E-state index contributed by atoms with van der Waals surface area (Å²) in [6, 6.07) is 6.41. The molecule has 0 unspecified atom stereocenters. The van der Waals surface area contributed by atoms with E-state index in [1.54, 1.807) is 0 Å². The van der Waals surface area contributed by atoms with Gasteiger partial charge in [0.25, 0.3) is 0 Å². The molecule has 0 saturated carbocycles. The van der Waals surface area contributed by atoms with E-state index in [1.165, 1.54) is 11.1 Å². The molecule has 0 aromatic heterocycles. The van der Waals surface area contributed by atoms with Crippen LogP contribution < -0.4 is 5.32 Å². The van der Waals surface area contributed by atoms with Crippen molar-refractivity contribution >= 4 is 11.8 Å². The zero-order valence-electron chi connectivity index (χ0n) is 6.54. The molecular formula is C10H10N. The Hall–Kier alpha value is -1.24. The fourth-order valence-electron chi connectivity index (χ4n) is 1.27. The Balaban J connectivity index is 2.47. The third kappa shape index (κ3) is 1.03. The highest BCUT2D eigenvalue weighted by molar-refractivity contribution is 5.69. The first-order valence-electron chi connectivity index (χ1n) is 3.90. The lowest BCUT2D eigenvalue weighted by molar-refractivity contribution is 1.13. The fourth-order valence-corrected chi connectivity index (χ4v) is 1.27. The second kappa shape index (κ2) is 2.42. The van der Waals surface area contributed by atoms with E-state index in [-0.39, 0.29) is 0 Å². The lowest BCUT2D eigenvalue weighted by Crippen LogP contribution is -1.84. The molecule has 0 bridgehead atoms. The van der Waals surface area contributed by atoms with Crippen molar-refractivity contribution in [1.82, 2.24) is 5.32 Å². The number of hydrogen-bond acceptors (Lipinski definition) is 0. The van der Waals surface area contributed by atoms with Crippen LogP contribution in [-0.4, -0.2) is 0 Å². The van der Waals surface area contributed by atoms with Gasteiger partial charge in [-0.1, -0.05) is 13.0 Å². The fraction of sp³-hybridized carbons (Fsp3) is 0.200. The SMILES string of the molecule is CCc1ccc2c(c1)C=C[N]2. The van der Waals surface area contributed by atoms with E-state index in [0.717, 1.165) is 12.1 Å². The highest BCUT2D eigenvalue weighted by atomic mass is 14.9. The molecule has 1 heterocycles. The Kier molecular flexibility index (Phi) is 1.42. The molecule has 55 valence electrons. The van der Waals surface area contributed by atoms with Crippen molar-refractivity contribution in [1.29, 1.82) is 0 Å². The van der Waals surface area contributed by atoms with Crippen molar-refractivity contribution in [3.8, 4) is 0 Å². The van der Waals surface area contributed by atoms with Crippen LogP contribution >= 0.6 is 0 Å². The van der Waals surface area contributed by atoms with E-state index in [2.05, 4.69) is 36.5 Å². The summed E-state index contributed by atoms with van der Waals surface area (Å²) >= 11 is 0. The summed E-state index contributed by atoms with van der Waals surface area (Å²) in [5.74, 6) is 0. The van der Waals surface area contributed by atoms with Gasteiger partial charge in [0.05, 0.1) is 5.69 Å². The predicted octanol–water partition coefficient (Wildman–Crippen LogP) is 2.47. The molecule has 0 fully saturated rings. The minimum absolute atomic E-state index is 1.10. The van der Waals surface area contributed by atoms with Crippen LogP contribution in [0.4, 0.5) is 5.69 Å². The number of benzene rings is 1. The maximum Gasteiger partial charge on any atom is 0.0702 e. The van der Waals surface area contributed by atoms with Crippen LogP contribution in [-0.2, 0) is 6.42 Å². The van der Waals surface area contributed by atoms with Crippen molar-refractivity contribution in [2.45, 2.75) is 13.3 Å². The summed E-state index contributed by atoms with van der Waals surface area (Å²) in [4.78, 5) is 0. The molecule has 0 saturated heterocycles. The van der Waals surface area contributed by atoms with Crippen molar-refractivity contribution in [3.63, 3.8) is 0 Å². The van der Waals surface area contributed by atoms with E-state index < -0.39 is 0 Å². The van der Waals surface area contributed by atoms with Crippen LogP contribution in [0.3, 0.4) is 0 Å². The average Bonchev–Trinajstić information content (AvgIpc) is 2.50. The van der Waals surface area contributed by atoms with Gasteiger partial charge < -0.3 is 0 Å². The first kappa shape index (κ1) is 6.47. The van der Waals surface area contributed by atoms with E-state index in [1.807, 2.05) is 6.20 Å². The lowest BCUT2D eigenvalue weighted by Gasteiger charge is -1.99. The first-order chi connectivity index (χ1) is 5.40. The highest BCUT2D eigenvalue weighted by Crippen LogP contribution is 2.23. The second-order valence-corrected chi connectivity index (χ2v) is 2.69. The van der Waals surface area contributed by atoms with E-state index in [0.29, 0.717) is 0 Å². The van der Waals surface area contributed by atoms with E-state index in [4.69, 9.17) is 0 Å². The maximum atomic E-state index is 4.19. The Morgan fingerprint density at radius 1 is 1.36 bits per heavy atom. The number of rotatable bonds is 1. The largest absolute Gasteiger partial charge is 0.256 e. The number of hydrogen-bond donors (Lipinski definition) is 0. The van der Waals surface area contributed by atoms with Gasteiger partial charge in [0.2, 0.25) is 0 Å². The Labute approximate surface area is 66.7 Å². The monoisotopic (exact) mass is 144 g/mol. The molecule has 1 aliphatic heterocycles. The molecule has 1 aromatic carbocycles. The summed E-state index contributed by atoms with van der Waals surface area (Å²) in [7, 11) is 0. The van der Waals surface area contributed by atoms with E-state index >= 15 is 0 Å². The molecule has 1 nitrogen and oxygen atoms in total. The van der Waals surface area contributed by atoms with Crippen LogP contribution in [0.15, 0.2) is 24.4 Å². The third-order valence-electron chi connectivity index (χ3n) is 1.97. The second-order valence-electron chi connectivity index (χ2n) is 2.69. The maximum absolute atomic E-state index is 4.19. The summed E-state index contributed by atoms with van der Waals surface area (Å²) in [5, 5.41) is 4.19. The smallest absolute Gasteiger partial charge is 0.0702 e. The van der Waals surface area contributed by atoms with Gasteiger partial charge in [-0.3, -0.25) is 5.32 Å². The van der Waals surface area contributed by atoms with Gasteiger partial charge >= 0.3 is 0 Å². The average molecular weight is 144 g/mol. The van der Waals surface area contributed by atoms with Crippen molar-refractivity contribution in [2.24, 2.45) is 0 Å². The zero-order chi connectivity index (χ0) is 7.68. The molecule has 2 rings (SSSR count). The number of aryl methyl sites for hydroxylation is 1. The third-order valence-corrected chi connectivity index (χ3v) is 1.97. The van der Waals surface area contributed by atoms with Gasteiger partial charge in [-0.2, -0.15) is 0 Å². The van der Waals surface area contributed by atoms with Crippen molar-refractivity contribution in [3.05, 3.63) is 35.5 Å². The zero-order valence-corrected chi connectivity index (χ0v) is 6.54. The Bertz CT molecular complexity index is 300. The molecule has 1 aliphatic rings. The van der Waals surface area contributed by atoms with Crippen molar-refractivity contribution < 1.29 is 0 Å². The standard InChI is InChI=1S/C10H10N/c1-2-8-3-4-10-9(7-8)5-6-11-10/h3-7H,2H2,1H3. The van der Waals surface area contributed by atoms with Crippen LogP contribution in [0.5, 0.6) is 0 Å². The molecule has 0 N–H and O–H groups in total. The summed E-state index contributed by atoms with van der Waals surface area (Å²) in [6.45, 7) is 2.16. The van der Waals surface area contributed by atoms with Gasteiger partial charge in [0.1, 0.15) is 0 Å². The van der Waals surface area contributed by atoms with Crippen LogP contribution in [0.25, 0.3) is 6.08 Å². The minimum Gasteiger partial charge on any atom is -0.256 e. The van der Waals surface area contributed by atoms with Crippen LogP contribution in [0.1, 0.15) is 18.1 Å². The summed E-state index contributed by atoms with van der Waals surface area (Å²) in [6.07, 6.45) is 5.00. The van der Waals surface area contributed by atoms with Gasteiger partial charge in [-0.15, -0.1) is 0 Å². The number of nitrogens with zero attached hydrogens (tertiary/aromatic N) is 1. The highest BCUT2D eigenvalue weighted by Gasteiger charge is 2.04. The predicted molar refractivity (Wildman–Crippen MR) is 46.6 cm³/mol. The summed E-state index contributed by atoms with van der Waals surface area (Å²) < 4.78 is 0. The van der Waals surface area contributed by atoms with Gasteiger partial charge in [0, 0.05) is 11.8 Å². The molecular weight excluding hydrogens is 134 g/mol. The Morgan fingerprint density at radius 3 is 3.09 bits per heavy atom. The van der Waals surface area contributed by atoms with Gasteiger partial charge in [-0.05, 0) is 30.2 Å². The molecule has 0 amide bonds. The van der Waals surface area contributed by atoms with Crippen LogP contribution in [0.2, 0.25) is 0 Å². The Morgan fingerprint density at radius 2 is 2.27 bits per heavy atom. The molecule has 1 radical (unpaired) electrons. The van der Waals surface area contributed by atoms with Gasteiger partial charge in [-0.25, -0.2) is 0 Å². The molecule has 1 aromatic rings. The van der Waals surface area contributed by atoms with Crippen LogP contribution in [0, 0.1) is 0 Å². The minimum atomic E-state index is 1.10.